The molecule has 0 unspecified atom stereocenters. The minimum atomic E-state index is -0.0196. The van der Waals surface area contributed by atoms with Crippen LogP contribution in [0.2, 0.25) is 0 Å². The summed E-state index contributed by atoms with van der Waals surface area (Å²) in [6.45, 7) is 0.304. The molecule has 3 heteroatoms. The topological polar surface area (TPSA) is 55.1 Å². The van der Waals surface area contributed by atoms with Gasteiger partial charge in [0, 0.05) is 11.6 Å². The van der Waals surface area contributed by atoms with Gasteiger partial charge in [-0.1, -0.05) is 43.2 Å². The Kier molecular flexibility index (Phi) is 5.00. The van der Waals surface area contributed by atoms with Crippen molar-refractivity contribution < 1.29 is 4.79 Å². The number of nitrogens with two attached hydrogens (primary N) is 1. The first-order valence-corrected chi connectivity index (χ1v) is 6.90. The Balaban J connectivity index is 2.09. The molecule has 0 saturated heterocycles. The summed E-state index contributed by atoms with van der Waals surface area (Å²) in [7, 11) is 0. The van der Waals surface area contributed by atoms with E-state index in [1.165, 1.54) is 19.3 Å². The van der Waals surface area contributed by atoms with Gasteiger partial charge in [-0.15, -0.1) is 0 Å². The molecule has 0 aliphatic heterocycles. The van der Waals surface area contributed by atoms with Crippen LogP contribution in [0.1, 0.15) is 48.0 Å². The predicted octanol–water partition coefficient (Wildman–Crippen LogP) is 2.06. The Bertz CT molecular complexity index is 493. The van der Waals surface area contributed by atoms with Crippen molar-refractivity contribution in [2.75, 3.05) is 6.54 Å². The highest BCUT2D eigenvalue weighted by atomic mass is 16.1. The van der Waals surface area contributed by atoms with E-state index in [-0.39, 0.29) is 5.91 Å². The first-order valence-electron chi connectivity index (χ1n) is 6.90. The Hall–Kier alpha value is -1.79. The maximum atomic E-state index is 12.3. The molecule has 1 amide bonds. The van der Waals surface area contributed by atoms with Crippen LogP contribution in [0, 0.1) is 11.8 Å². The van der Waals surface area contributed by atoms with Gasteiger partial charge in [0.2, 0.25) is 0 Å². The quantitative estimate of drug-likeness (QED) is 0.796. The summed E-state index contributed by atoms with van der Waals surface area (Å²) in [5, 5.41) is 3.11. The summed E-state index contributed by atoms with van der Waals surface area (Å²) >= 11 is 0. The molecule has 1 aromatic carbocycles. The van der Waals surface area contributed by atoms with Gasteiger partial charge in [0.25, 0.3) is 5.91 Å². The number of nitrogens with one attached hydrogen (secondary N) is 1. The van der Waals surface area contributed by atoms with Gasteiger partial charge in [0.1, 0.15) is 0 Å². The lowest BCUT2D eigenvalue weighted by molar-refractivity contribution is 0.0927. The van der Waals surface area contributed by atoms with Crippen molar-refractivity contribution >= 4 is 5.91 Å². The summed E-state index contributed by atoms with van der Waals surface area (Å²) in [5.41, 5.74) is 6.78. The van der Waals surface area contributed by atoms with Crippen molar-refractivity contribution in [1.29, 1.82) is 0 Å². The third-order valence-corrected chi connectivity index (χ3v) is 3.44. The largest absolute Gasteiger partial charge is 0.349 e. The molecule has 3 nitrogen and oxygen atoms in total. The van der Waals surface area contributed by atoms with E-state index in [0.29, 0.717) is 18.2 Å². The molecule has 2 rings (SSSR count). The van der Waals surface area contributed by atoms with Crippen LogP contribution in [0.4, 0.5) is 0 Å². The molecule has 1 aliphatic carbocycles. The van der Waals surface area contributed by atoms with E-state index in [4.69, 9.17) is 5.73 Å². The second-order valence-corrected chi connectivity index (χ2v) is 4.86. The predicted molar refractivity (Wildman–Crippen MR) is 76.7 cm³/mol. The molecular formula is C16H20N2O. The van der Waals surface area contributed by atoms with Gasteiger partial charge in [-0.3, -0.25) is 4.79 Å². The van der Waals surface area contributed by atoms with E-state index in [0.717, 1.165) is 18.4 Å². The molecule has 0 bridgehead atoms. The standard InChI is InChI=1S/C16H20N2O/c17-12-6-8-13-7-4-5-11-15(13)16(19)18-14-9-2-1-3-10-14/h4-5,7,11,14H,1-3,9-10,12,17H2,(H,18,19). The van der Waals surface area contributed by atoms with E-state index in [1.807, 2.05) is 24.3 Å². The minimum Gasteiger partial charge on any atom is -0.349 e. The zero-order valence-corrected chi connectivity index (χ0v) is 11.1. The molecule has 0 heterocycles. The zero-order valence-electron chi connectivity index (χ0n) is 11.1. The number of rotatable bonds is 2. The highest BCUT2D eigenvalue weighted by Gasteiger charge is 2.17. The molecule has 100 valence electrons. The molecule has 1 fully saturated rings. The van der Waals surface area contributed by atoms with Gasteiger partial charge in [-0.2, -0.15) is 0 Å². The molecule has 0 aromatic heterocycles. The van der Waals surface area contributed by atoms with Gasteiger partial charge in [-0.25, -0.2) is 0 Å². The first-order chi connectivity index (χ1) is 9.31. The lowest BCUT2D eigenvalue weighted by Gasteiger charge is -2.23. The van der Waals surface area contributed by atoms with Crippen molar-refractivity contribution in [1.82, 2.24) is 5.32 Å². The smallest absolute Gasteiger partial charge is 0.252 e. The lowest BCUT2D eigenvalue weighted by atomic mass is 9.95. The van der Waals surface area contributed by atoms with Crippen LogP contribution in [-0.2, 0) is 0 Å². The fourth-order valence-electron chi connectivity index (χ4n) is 2.45. The van der Waals surface area contributed by atoms with Crippen molar-refractivity contribution in [3.05, 3.63) is 35.4 Å². The second kappa shape index (κ2) is 6.96. The number of carbonyl (C=O) groups excluding carboxylic acids is 1. The Morgan fingerprint density at radius 2 is 2.00 bits per heavy atom. The molecular weight excluding hydrogens is 236 g/mol. The first kappa shape index (κ1) is 13.6. The van der Waals surface area contributed by atoms with E-state index in [1.54, 1.807) is 0 Å². The van der Waals surface area contributed by atoms with Crippen LogP contribution < -0.4 is 11.1 Å². The van der Waals surface area contributed by atoms with Crippen LogP contribution >= 0.6 is 0 Å². The Labute approximate surface area is 114 Å². The molecule has 19 heavy (non-hydrogen) atoms. The molecule has 1 aliphatic rings. The maximum Gasteiger partial charge on any atom is 0.252 e. The zero-order chi connectivity index (χ0) is 13.5. The van der Waals surface area contributed by atoms with Crippen LogP contribution in [0.3, 0.4) is 0 Å². The molecule has 3 N–H and O–H groups in total. The highest BCUT2D eigenvalue weighted by molar-refractivity contribution is 5.96. The van der Waals surface area contributed by atoms with E-state index in [9.17, 15) is 4.79 Å². The summed E-state index contributed by atoms with van der Waals surface area (Å²) in [6.07, 6.45) is 5.87. The summed E-state index contributed by atoms with van der Waals surface area (Å²) in [6, 6.07) is 7.75. The molecule has 1 saturated carbocycles. The summed E-state index contributed by atoms with van der Waals surface area (Å²) in [5.74, 6) is 5.74. The SMILES string of the molecule is NCC#Cc1ccccc1C(=O)NC1CCCCC1. The third kappa shape index (κ3) is 3.84. The van der Waals surface area contributed by atoms with E-state index in [2.05, 4.69) is 17.2 Å². The summed E-state index contributed by atoms with van der Waals surface area (Å²) < 4.78 is 0. The van der Waals surface area contributed by atoms with Gasteiger partial charge >= 0.3 is 0 Å². The molecule has 0 atom stereocenters. The van der Waals surface area contributed by atoms with Crippen LogP contribution in [0.5, 0.6) is 0 Å². The average Bonchev–Trinajstić information content (AvgIpc) is 2.46. The van der Waals surface area contributed by atoms with Gasteiger partial charge in [0.05, 0.1) is 12.1 Å². The fourth-order valence-corrected chi connectivity index (χ4v) is 2.45. The number of benzene rings is 1. The number of hydrogen-bond acceptors (Lipinski definition) is 2. The fraction of sp³-hybridized carbons (Fsp3) is 0.438. The van der Waals surface area contributed by atoms with E-state index >= 15 is 0 Å². The van der Waals surface area contributed by atoms with E-state index < -0.39 is 0 Å². The number of carbonyl (C=O) groups is 1. The average molecular weight is 256 g/mol. The minimum absolute atomic E-state index is 0.0196. The van der Waals surface area contributed by atoms with Crippen molar-refractivity contribution in [3.63, 3.8) is 0 Å². The lowest BCUT2D eigenvalue weighted by Crippen LogP contribution is -2.36. The molecule has 1 aromatic rings. The molecule has 0 radical (unpaired) electrons. The Morgan fingerprint density at radius 3 is 2.74 bits per heavy atom. The van der Waals surface area contributed by atoms with Crippen molar-refractivity contribution in [2.45, 2.75) is 38.1 Å². The van der Waals surface area contributed by atoms with Crippen LogP contribution in [-0.4, -0.2) is 18.5 Å². The van der Waals surface area contributed by atoms with Crippen LogP contribution in [0.15, 0.2) is 24.3 Å². The van der Waals surface area contributed by atoms with Gasteiger partial charge in [-0.05, 0) is 25.0 Å². The Morgan fingerprint density at radius 1 is 1.26 bits per heavy atom. The number of amides is 1. The molecule has 0 spiro atoms. The summed E-state index contributed by atoms with van der Waals surface area (Å²) in [4.78, 5) is 12.3. The maximum absolute atomic E-state index is 12.3. The highest BCUT2D eigenvalue weighted by Crippen LogP contribution is 2.18. The third-order valence-electron chi connectivity index (χ3n) is 3.44. The number of hydrogen-bond donors (Lipinski definition) is 2. The van der Waals surface area contributed by atoms with Crippen molar-refractivity contribution in [2.24, 2.45) is 5.73 Å². The monoisotopic (exact) mass is 256 g/mol. The van der Waals surface area contributed by atoms with Crippen molar-refractivity contribution in [3.8, 4) is 11.8 Å². The van der Waals surface area contributed by atoms with Crippen LogP contribution in [0.25, 0.3) is 0 Å². The van der Waals surface area contributed by atoms with Gasteiger partial charge in [0.15, 0.2) is 0 Å². The van der Waals surface area contributed by atoms with Gasteiger partial charge < -0.3 is 11.1 Å². The second-order valence-electron chi connectivity index (χ2n) is 4.86. The normalized spacial score (nSPS) is 15.4.